The molecule has 0 fully saturated rings. The van der Waals surface area contributed by atoms with Crippen molar-refractivity contribution in [1.82, 2.24) is 3.97 Å². The molecule has 3 aromatic carbocycles. The van der Waals surface area contributed by atoms with Crippen LogP contribution in [-0.2, 0) is 10.0 Å². The Morgan fingerprint density at radius 2 is 1.67 bits per heavy atom. The molecule has 4 rings (SSSR count). The second-order valence-electron chi connectivity index (χ2n) is 6.94. The van der Waals surface area contributed by atoms with E-state index in [0.29, 0.717) is 11.1 Å². The maximum absolute atomic E-state index is 13.5. The van der Waals surface area contributed by atoms with E-state index in [4.69, 9.17) is 4.74 Å². The summed E-state index contributed by atoms with van der Waals surface area (Å²) in [5.74, 6) is -0.270. The standard InChI is InChI=1S/C23H16F3NO4S2/c1-31-17-10-11-20-16(12-17)14-21(27(20)33(29,30)19-8-3-2-4-9-19)22(28)15-6-5-7-18(13-15)32-23(24,25)26/h2-14H,1H3. The molecule has 0 amide bonds. The van der Waals surface area contributed by atoms with Crippen molar-refractivity contribution in [3.8, 4) is 5.75 Å². The Balaban J connectivity index is 1.92. The summed E-state index contributed by atoms with van der Waals surface area (Å²) in [6.07, 6.45) is 0. The molecule has 0 aliphatic heterocycles. The number of hydrogen-bond donors (Lipinski definition) is 0. The first-order chi connectivity index (χ1) is 15.6. The lowest BCUT2D eigenvalue weighted by Crippen LogP contribution is -2.19. The molecule has 0 saturated carbocycles. The number of carbonyl (C=O) groups excluding carboxylic acids is 1. The maximum Gasteiger partial charge on any atom is 0.446 e. The van der Waals surface area contributed by atoms with Gasteiger partial charge in [-0.15, -0.1) is 0 Å². The third kappa shape index (κ3) is 4.62. The normalized spacial score (nSPS) is 12.1. The van der Waals surface area contributed by atoms with Crippen LogP contribution in [0.15, 0.2) is 88.7 Å². The van der Waals surface area contributed by atoms with Gasteiger partial charge in [0.05, 0.1) is 17.5 Å². The first-order valence-electron chi connectivity index (χ1n) is 9.51. The van der Waals surface area contributed by atoms with Crippen molar-refractivity contribution < 1.29 is 31.1 Å². The first-order valence-corrected chi connectivity index (χ1v) is 11.8. The van der Waals surface area contributed by atoms with Gasteiger partial charge >= 0.3 is 5.51 Å². The number of thioether (sulfide) groups is 1. The summed E-state index contributed by atoms with van der Waals surface area (Å²) in [6.45, 7) is 0. The van der Waals surface area contributed by atoms with Crippen molar-refractivity contribution in [2.24, 2.45) is 0 Å². The van der Waals surface area contributed by atoms with Gasteiger partial charge in [-0.3, -0.25) is 4.79 Å². The Bertz CT molecular complexity index is 1450. The quantitative estimate of drug-likeness (QED) is 0.255. The number of alkyl halides is 3. The Morgan fingerprint density at radius 1 is 0.939 bits per heavy atom. The fourth-order valence-electron chi connectivity index (χ4n) is 3.39. The molecule has 0 radical (unpaired) electrons. The number of fused-ring (bicyclic) bond motifs is 1. The molecule has 0 aliphatic rings. The molecule has 0 bridgehead atoms. The number of nitrogens with zero attached hydrogens (tertiary/aromatic N) is 1. The number of ether oxygens (including phenoxy) is 1. The molecule has 0 spiro atoms. The predicted molar refractivity (Wildman–Crippen MR) is 119 cm³/mol. The topological polar surface area (TPSA) is 65.4 Å². The molecular formula is C23H16F3NO4S2. The molecule has 1 heterocycles. The van der Waals surface area contributed by atoms with Crippen molar-refractivity contribution in [1.29, 1.82) is 0 Å². The zero-order valence-corrected chi connectivity index (χ0v) is 18.7. The Hall–Kier alpha value is -3.24. The molecule has 5 nitrogen and oxygen atoms in total. The van der Waals surface area contributed by atoms with Crippen LogP contribution < -0.4 is 4.74 Å². The van der Waals surface area contributed by atoms with Gasteiger partial charge in [0, 0.05) is 15.8 Å². The lowest BCUT2D eigenvalue weighted by molar-refractivity contribution is -0.0328. The van der Waals surface area contributed by atoms with Crippen LogP contribution in [0.2, 0.25) is 0 Å². The van der Waals surface area contributed by atoms with E-state index in [1.807, 2.05) is 0 Å². The summed E-state index contributed by atoms with van der Waals surface area (Å²) in [7, 11) is -2.74. The Morgan fingerprint density at radius 3 is 2.33 bits per heavy atom. The van der Waals surface area contributed by atoms with Crippen LogP contribution >= 0.6 is 11.8 Å². The summed E-state index contributed by atoms with van der Waals surface area (Å²) in [4.78, 5) is 13.2. The van der Waals surface area contributed by atoms with E-state index in [1.54, 1.807) is 30.3 Å². The molecule has 0 saturated heterocycles. The highest BCUT2D eigenvalue weighted by Crippen LogP contribution is 2.37. The number of carbonyl (C=O) groups is 1. The number of ketones is 1. The third-order valence-electron chi connectivity index (χ3n) is 4.81. The maximum atomic E-state index is 13.5. The minimum absolute atomic E-state index is 0.0336. The van der Waals surface area contributed by atoms with E-state index in [0.717, 1.165) is 10.0 Å². The number of hydrogen-bond acceptors (Lipinski definition) is 5. The Kier molecular flexibility index (Phi) is 5.98. The minimum atomic E-state index is -4.52. The summed E-state index contributed by atoms with van der Waals surface area (Å²) < 4.78 is 71.5. The van der Waals surface area contributed by atoms with Crippen molar-refractivity contribution in [3.63, 3.8) is 0 Å². The third-order valence-corrected chi connectivity index (χ3v) is 7.27. The van der Waals surface area contributed by atoms with E-state index in [2.05, 4.69) is 0 Å². The van der Waals surface area contributed by atoms with E-state index < -0.39 is 21.3 Å². The van der Waals surface area contributed by atoms with Gasteiger partial charge in [0.25, 0.3) is 10.0 Å². The van der Waals surface area contributed by atoms with E-state index >= 15 is 0 Å². The molecule has 0 unspecified atom stereocenters. The van der Waals surface area contributed by atoms with Crippen LogP contribution in [-0.4, -0.2) is 30.8 Å². The highest BCUT2D eigenvalue weighted by Gasteiger charge is 2.30. The fourth-order valence-corrected chi connectivity index (χ4v) is 5.52. The van der Waals surface area contributed by atoms with Crippen LogP contribution in [0.4, 0.5) is 13.2 Å². The summed E-state index contributed by atoms with van der Waals surface area (Å²) >= 11 is -0.350. The fraction of sp³-hybridized carbons (Fsp3) is 0.0870. The van der Waals surface area contributed by atoms with Gasteiger partial charge in [-0.1, -0.05) is 30.3 Å². The van der Waals surface area contributed by atoms with Crippen LogP contribution in [0.25, 0.3) is 10.9 Å². The molecule has 0 aliphatic carbocycles. The monoisotopic (exact) mass is 491 g/mol. The van der Waals surface area contributed by atoms with Crippen molar-refractivity contribution in [2.45, 2.75) is 15.3 Å². The molecule has 33 heavy (non-hydrogen) atoms. The van der Waals surface area contributed by atoms with Crippen molar-refractivity contribution in [3.05, 3.63) is 90.1 Å². The van der Waals surface area contributed by atoms with Gasteiger partial charge in [-0.25, -0.2) is 12.4 Å². The van der Waals surface area contributed by atoms with Crippen molar-refractivity contribution >= 4 is 38.5 Å². The number of halogens is 3. The summed E-state index contributed by atoms with van der Waals surface area (Å²) in [5.41, 5.74) is -4.55. The molecule has 170 valence electrons. The van der Waals surface area contributed by atoms with Crippen molar-refractivity contribution in [2.75, 3.05) is 7.11 Å². The highest BCUT2D eigenvalue weighted by molar-refractivity contribution is 8.00. The molecular weight excluding hydrogens is 475 g/mol. The van der Waals surface area contributed by atoms with Gasteiger partial charge in [-0.2, -0.15) is 13.2 Å². The zero-order chi connectivity index (χ0) is 23.8. The molecule has 0 atom stereocenters. The molecule has 10 heteroatoms. The molecule has 1 aromatic heterocycles. The van der Waals surface area contributed by atoms with Crippen LogP contribution in [0.5, 0.6) is 5.75 Å². The predicted octanol–water partition coefficient (Wildman–Crippen LogP) is 5.73. The van der Waals surface area contributed by atoms with Crippen LogP contribution in [0, 0.1) is 0 Å². The van der Waals surface area contributed by atoms with Gasteiger partial charge in [0.15, 0.2) is 0 Å². The number of methoxy groups -OCH3 is 1. The van der Waals surface area contributed by atoms with Crippen LogP contribution in [0.1, 0.15) is 16.1 Å². The summed E-state index contributed by atoms with van der Waals surface area (Å²) in [5, 5.41) is 0.429. The van der Waals surface area contributed by atoms with Gasteiger partial charge < -0.3 is 4.74 Å². The van der Waals surface area contributed by atoms with E-state index in [-0.39, 0.29) is 38.3 Å². The Labute approximate surface area is 191 Å². The second kappa shape index (κ2) is 8.60. The lowest BCUT2D eigenvalue weighted by Gasteiger charge is -2.12. The average molecular weight is 492 g/mol. The SMILES string of the molecule is COc1ccc2c(c1)cc(C(=O)c1cccc(SC(F)(F)F)c1)n2S(=O)(=O)c1ccccc1. The summed E-state index contributed by atoms with van der Waals surface area (Å²) in [6, 6.07) is 18.6. The average Bonchev–Trinajstić information content (AvgIpc) is 3.17. The molecule has 4 aromatic rings. The number of benzene rings is 3. The highest BCUT2D eigenvalue weighted by atomic mass is 32.2. The van der Waals surface area contributed by atoms with Gasteiger partial charge in [0.2, 0.25) is 5.78 Å². The largest absolute Gasteiger partial charge is 0.497 e. The number of rotatable bonds is 6. The lowest BCUT2D eigenvalue weighted by atomic mass is 10.1. The number of aromatic nitrogens is 1. The van der Waals surface area contributed by atoms with Crippen LogP contribution in [0.3, 0.4) is 0 Å². The van der Waals surface area contributed by atoms with Gasteiger partial charge in [-0.05, 0) is 60.3 Å². The minimum Gasteiger partial charge on any atom is -0.497 e. The van der Waals surface area contributed by atoms with Gasteiger partial charge in [0.1, 0.15) is 11.4 Å². The first kappa shape index (κ1) is 22.9. The molecule has 0 N–H and O–H groups in total. The zero-order valence-electron chi connectivity index (χ0n) is 17.0. The van der Waals surface area contributed by atoms with E-state index in [9.17, 15) is 26.4 Å². The smallest absolute Gasteiger partial charge is 0.446 e. The second-order valence-corrected chi connectivity index (χ2v) is 9.87. The van der Waals surface area contributed by atoms with E-state index in [1.165, 1.54) is 49.6 Å².